The van der Waals surface area contributed by atoms with Crippen LogP contribution in [0.15, 0.2) is 182 Å². The van der Waals surface area contributed by atoms with E-state index in [0.717, 1.165) is 11.4 Å². The van der Waals surface area contributed by atoms with Crippen LogP contribution in [0.2, 0.25) is 0 Å². The normalized spacial score (nSPS) is 11.9. The summed E-state index contributed by atoms with van der Waals surface area (Å²) in [5.74, 6) is 0. The van der Waals surface area contributed by atoms with Crippen LogP contribution in [-0.2, 0) is 0 Å². The van der Waals surface area contributed by atoms with Crippen molar-refractivity contribution in [3.05, 3.63) is 182 Å². The van der Waals surface area contributed by atoms with Crippen LogP contribution in [0, 0.1) is 0 Å². The first-order valence-corrected chi connectivity index (χ1v) is 18.3. The van der Waals surface area contributed by atoms with E-state index >= 15 is 0 Å². The molecule has 0 atom stereocenters. The maximum absolute atomic E-state index is 2.48. The lowest BCUT2D eigenvalue weighted by Gasteiger charge is -2.13. The number of hydrogen-bond acceptors (Lipinski definition) is 1. The van der Waals surface area contributed by atoms with Crippen LogP contribution in [0.5, 0.6) is 0 Å². The van der Waals surface area contributed by atoms with Crippen molar-refractivity contribution in [1.29, 1.82) is 0 Å². The standard InChI is InChI=1S/C48H30N2S/c1-2-12-31(13-3-1)32-14-10-15-33(28-32)34-16-11-17-35(29-34)50-44-27-26-40-39-20-6-9-23-46(39)51-48(40)47(44)41-25-24-36(30-45(41)50)49-42-21-7-4-18-37(42)38-19-5-8-22-43(38)49/h1-30H. The summed E-state index contributed by atoms with van der Waals surface area (Å²) in [5.41, 5.74) is 12.0. The summed E-state index contributed by atoms with van der Waals surface area (Å²) in [6.45, 7) is 0. The van der Waals surface area contributed by atoms with Gasteiger partial charge in [0.1, 0.15) is 0 Å². The number of benzene rings is 8. The minimum atomic E-state index is 1.15. The highest BCUT2D eigenvalue weighted by molar-refractivity contribution is 7.26. The zero-order chi connectivity index (χ0) is 33.5. The SMILES string of the molecule is c1ccc(-c2cccc(-c3cccc(-n4c5cc(-n6c7ccccc7c7ccccc76)ccc5c5c6sc7ccccc7c6ccc54)c3)c2)cc1. The first-order valence-electron chi connectivity index (χ1n) is 17.4. The molecule has 2 nitrogen and oxygen atoms in total. The molecule has 0 spiro atoms. The molecule has 0 unspecified atom stereocenters. The highest BCUT2D eigenvalue weighted by Gasteiger charge is 2.20. The molecule has 3 heteroatoms. The van der Waals surface area contributed by atoms with Crippen molar-refractivity contribution in [2.45, 2.75) is 0 Å². The zero-order valence-corrected chi connectivity index (χ0v) is 28.4. The maximum atomic E-state index is 2.48. The Morgan fingerprint density at radius 3 is 1.67 bits per heavy atom. The molecule has 8 aromatic carbocycles. The number of hydrogen-bond donors (Lipinski definition) is 0. The molecular formula is C48H30N2S. The number of nitrogens with zero attached hydrogens (tertiary/aromatic N) is 2. The molecule has 0 bridgehead atoms. The molecule has 51 heavy (non-hydrogen) atoms. The first-order chi connectivity index (χ1) is 25.3. The Kier molecular flexibility index (Phi) is 6.16. The number of thiophene rings is 1. The Bertz CT molecular complexity index is 3090. The summed E-state index contributed by atoms with van der Waals surface area (Å²) in [4.78, 5) is 0. The van der Waals surface area contributed by atoms with E-state index in [0.29, 0.717) is 0 Å². The second kappa shape index (κ2) is 11.0. The number of fused-ring (bicyclic) bond motifs is 10. The minimum Gasteiger partial charge on any atom is -0.309 e. The van der Waals surface area contributed by atoms with E-state index in [9.17, 15) is 0 Å². The third-order valence-electron chi connectivity index (χ3n) is 10.5. The molecule has 11 rings (SSSR count). The van der Waals surface area contributed by atoms with Crippen LogP contribution in [0.25, 0.3) is 97.4 Å². The van der Waals surface area contributed by atoms with E-state index in [-0.39, 0.29) is 0 Å². The van der Waals surface area contributed by atoms with Crippen LogP contribution in [0.1, 0.15) is 0 Å². The van der Waals surface area contributed by atoms with E-state index in [4.69, 9.17) is 0 Å². The number of aromatic nitrogens is 2. The molecule has 0 saturated heterocycles. The van der Waals surface area contributed by atoms with E-state index in [2.05, 4.69) is 191 Å². The Morgan fingerprint density at radius 2 is 0.882 bits per heavy atom. The second-order valence-corrected chi connectivity index (χ2v) is 14.4. The molecule has 0 fully saturated rings. The van der Waals surface area contributed by atoms with Crippen LogP contribution in [-0.4, -0.2) is 9.13 Å². The first kappa shape index (κ1) is 28.4. The molecule has 0 aliphatic heterocycles. The summed E-state index contributed by atoms with van der Waals surface area (Å²) in [7, 11) is 0. The summed E-state index contributed by atoms with van der Waals surface area (Å²) in [6.07, 6.45) is 0. The van der Waals surface area contributed by atoms with E-state index < -0.39 is 0 Å². The van der Waals surface area contributed by atoms with Gasteiger partial charge < -0.3 is 9.13 Å². The fourth-order valence-electron chi connectivity index (χ4n) is 8.22. The molecule has 0 radical (unpaired) electrons. The molecule has 0 aliphatic rings. The predicted octanol–water partition coefficient (Wildman–Crippen LogP) is 13.6. The quantitative estimate of drug-likeness (QED) is 0.177. The minimum absolute atomic E-state index is 1.15. The summed E-state index contributed by atoms with van der Waals surface area (Å²) in [6, 6.07) is 66.6. The Balaban J connectivity index is 1.20. The lowest BCUT2D eigenvalue weighted by Crippen LogP contribution is -1.97. The van der Waals surface area contributed by atoms with Crippen molar-refractivity contribution in [2.24, 2.45) is 0 Å². The molecule has 0 saturated carbocycles. The fraction of sp³-hybridized carbons (Fsp3) is 0. The van der Waals surface area contributed by atoms with Crippen molar-refractivity contribution in [1.82, 2.24) is 9.13 Å². The maximum Gasteiger partial charge on any atom is 0.0562 e. The Hall–Kier alpha value is -6.42. The lowest BCUT2D eigenvalue weighted by molar-refractivity contribution is 1.16. The number of rotatable bonds is 4. The van der Waals surface area contributed by atoms with Crippen molar-refractivity contribution in [3.8, 4) is 33.6 Å². The molecule has 0 aliphatic carbocycles. The largest absolute Gasteiger partial charge is 0.309 e. The van der Waals surface area contributed by atoms with Gasteiger partial charge in [-0.05, 0) is 76.9 Å². The molecule has 3 heterocycles. The van der Waals surface area contributed by atoms with E-state index in [1.165, 1.54) is 86.0 Å². The van der Waals surface area contributed by atoms with Gasteiger partial charge in [0.2, 0.25) is 0 Å². The molecule has 3 aromatic heterocycles. The molecular weight excluding hydrogens is 637 g/mol. The summed E-state index contributed by atoms with van der Waals surface area (Å²) < 4.78 is 7.57. The Labute approximate surface area is 298 Å². The van der Waals surface area contributed by atoms with Gasteiger partial charge in [0.15, 0.2) is 0 Å². The van der Waals surface area contributed by atoms with Crippen LogP contribution >= 0.6 is 11.3 Å². The number of para-hydroxylation sites is 2. The predicted molar refractivity (Wildman–Crippen MR) is 219 cm³/mol. The van der Waals surface area contributed by atoms with Crippen molar-refractivity contribution in [2.75, 3.05) is 0 Å². The van der Waals surface area contributed by atoms with Gasteiger partial charge in [0, 0.05) is 53.1 Å². The van der Waals surface area contributed by atoms with Crippen molar-refractivity contribution >= 4 is 75.1 Å². The summed E-state index contributed by atoms with van der Waals surface area (Å²) in [5, 5.41) is 7.76. The molecule has 238 valence electrons. The molecule has 0 N–H and O–H groups in total. The van der Waals surface area contributed by atoms with Gasteiger partial charge >= 0.3 is 0 Å². The van der Waals surface area contributed by atoms with Gasteiger partial charge in [-0.2, -0.15) is 0 Å². The second-order valence-electron chi connectivity index (χ2n) is 13.3. The van der Waals surface area contributed by atoms with Gasteiger partial charge in [0.05, 0.1) is 22.1 Å². The average Bonchev–Trinajstić information content (AvgIpc) is 3.86. The van der Waals surface area contributed by atoms with Gasteiger partial charge in [-0.25, -0.2) is 0 Å². The van der Waals surface area contributed by atoms with Gasteiger partial charge in [-0.15, -0.1) is 11.3 Å². The van der Waals surface area contributed by atoms with Crippen molar-refractivity contribution in [3.63, 3.8) is 0 Å². The third kappa shape index (κ3) is 4.29. The van der Waals surface area contributed by atoms with Gasteiger partial charge in [-0.3, -0.25) is 0 Å². The lowest BCUT2D eigenvalue weighted by atomic mass is 9.99. The highest BCUT2D eigenvalue weighted by atomic mass is 32.1. The zero-order valence-electron chi connectivity index (χ0n) is 27.6. The Morgan fingerprint density at radius 1 is 0.314 bits per heavy atom. The van der Waals surface area contributed by atoms with Gasteiger partial charge in [-0.1, -0.05) is 127 Å². The fourth-order valence-corrected chi connectivity index (χ4v) is 9.48. The highest BCUT2D eigenvalue weighted by Crippen LogP contribution is 2.44. The average molecular weight is 667 g/mol. The van der Waals surface area contributed by atoms with E-state index in [1.807, 2.05) is 11.3 Å². The van der Waals surface area contributed by atoms with Crippen LogP contribution in [0.4, 0.5) is 0 Å². The van der Waals surface area contributed by atoms with Crippen LogP contribution < -0.4 is 0 Å². The van der Waals surface area contributed by atoms with Crippen LogP contribution in [0.3, 0.4) is 0 Å². The van der Waals surface area contributed by atoms with E-state index in [1.54, 1.807) is 0 Å². The van der Waals surface area contributed by atoms with Gasteiger partial charge in [0.25, 0.3) is 0 Å². The third-order valence-corrected chi connectivity index (χ3v) is 11.7. The molecule has 0 amide bonds. The molecule has 11 aromatic rings. The summed E-state index contributed by atoms with van der Waals surface area (Å²) >= 11 is 1.90. The monoisotopic (exact) mass is 666 g/mol. The topological polar surface area (TPSA) is 9.86 Å². The van der Waals surface area contributed by atoms with Crippen molar-refractivity contribution < 1.29 is 0 Å². The smallest absolute Gasteiger partial charge is 0.0562 e.